The molecule has 2 atom stereocenters. The van der Waals surface area contributed by atoms with E-state index in [0.717, 1.165) is 36.2 Å². The first kappa shape index (κ1) is 14.6. The van der Waals surface area contributed by atoms with E-state index in [1.807, 2.05) is 13.0 Å². The van der Waals surface area contributed by atoms with E-state index >= 15 is 0 Å². The van der Waals surface area contributed by atoms with Gasteiger partial charge in [0.2, 0.25) is 0 Å². The molecular weight excluding hydrogens is 266 g/mol. The molecule has 116 valence electrons. The zero-order chi connectivity index (χ0) is 14.8. The number of furan rings is 1. The predicted molar refractivity (Wildman–Crippen MR) is 80.4 cm³/mol. The van der Waals surface area contributed by atoms with Gasteiger partial charge in [0.1, 0.15) is 5.76 Å². The SMILES string of the molecule is Cc1cc(CN2CCC3CCCCC3C2)oc1C(=O)NN. The lowest BCUT2D eigenvalue weighted by Crippen LogP contribution is -2.41. The number of piperidine rings is 1. The van der Waals surface area contributed by atoms with E-state index < -0.39 is 0 Å². The molecule has 1 saturated heterocycles. The molecule has 1 aromatic heterocycles. The summed E-state index contributed by atoms with van der Waals surface area (Å²) in [6.07, 6.45) is 6.89. The Bertz CT molecular complexity index is 512. The van der Waals surface area contributed by atoms with E-state index in [-0.39, 0.29) is 5.91 Å². The van der Waals surface area contributed by atoms with Gasteiger partial charge in [-0.2, -0.15) is 0 Å². The molecule has 0 bridgehead atoms. The van der Waals surface area contributed by atoms with Crippen molar-refractivity contribution in [2.24, 2.45) is 17.7 Å². The van der Waals surface area contributed by atoms with Crippen molar-refractivity contribution in [3.63, 3.8) is 0 Å². The van der Waals surface area contributed by atoms with Crippen LogP contribution in [-0.4, -0.2) is 23.9 Å². The molecule has 0 spiro atoms. The third-order valence-corrected chi connectivity index (χ3v) is 5.06. The van der Waals surface area contributed by atoms with Crippen molar-refractivity contribution >= 4 is 5.91 Å². The number of amides is 1. The summed E-state index contributed by atoms with van der Waals surface area (Å²) in [4.78, 5) is 14.1. The molecule has 0 radical (unpaired) electrons. The number of likely N-dealkylation sites (tertiary alicyclic amines) is 1. The molecule has 1 saturated carbocycles. The van der Waals surface area contributed by atoms with Crippen LogP contribution >= 0.6 is 0 Å². The van der Waals surface area contributed by atoms with E-state index in [2.05, 4.69) is 10.3 Å². The number of nitrogens with zero attached hydrogens (tertiary/aromatic N) is 1. The molecule has 3 N–H and O–H groups in total. The number of aryl methyl sites for hydroxylation is 1. The Morgan fingerprint density at radius 1 is 1.38 bits per heavy atom. The van der Waals surface area contributed by atoms with E-state index in [9.17, 15) is 4.79 Å². The maximum Gasteiger partial charge on any atom is 0.301 e. The highest BCUT2D eigenvalue weighted by Gasteiger charge is 2.31. The quantitative estimate of drug-likeness (QED) is 0.509. The highest BCUT2D eigenvalue weighted by atomic mass is 16.4. The summed E-state index contributed by atoms with van der Waals surface area (Å²) in [6.45, 7) is 4.98. The fraction of sp³-hybridized carbons (Fsp3) is 0.688. The van der Waals surface area contributed by atoms with Crippen molar-refractivity contribution in [1.29, 1.82) is 0 Å². The van der Waals surface area contributed by atoms with Gasteiger partial charge < -0.3 is 4.42 Å². The van der Waals surface area contributed by atoms with Crippen LogP contribution in [-0.2, 0) is 6.54 Å². The Morgan fingerprint density at radius 2 is 2.14 bits per heavy atom. The normalized spacial score (nSPS) is 26.4. The van der Waals surface area contributed by atoms with Crippen molar-refractivity contribution in [3.8, 4) is 0 Å². The number of hydrazine groups is 1. The highest BCUT2D eigenvalue weighted by Crippen LogP contribution is 2.36. The lowest BCUT2D eigenvalue weighted by molar-refractivity contribution is 0.0763. The molecule has 2 heterocycles. The highest BCUT2D eigenvalue weighted by molar-refractivity contribution is 5.92. The number of rotatable bonds is 3. The molecule has 0 aromatic carbocycles. The maximum absolute atomic E-state index is 11.6. The number of carbonyl (C=O) groups is 1. The zero-order valence-electron chi connectivity index (χ0n) is 12.7. The van der Waals surface area contributed by atoms with Crippen molar-refractivity contribution < 1.29 is 9.21 Å². The fourth-order valence-corrected chi connectivity index (χ4v) is 3.96. The zero-order valence-corrected chi connectivity index (χ0v) is 12.7. The standard InChI is InChI=1S/C16H25N3O2/c1-11-8-14(21-15(11)16(20)18-17)10-19-7-6-12-4-2-3-5-13(12)9-19/h8,12-13H,2-7,9-10,17H2,1H3,(H,18,20). The largest absolute Gasteiger partial charge is 0.454 e. The number of nitrogens with two attached hydrogens (primary N) is 1. The van der Waals surface area contributed by atoms with Gasteiger partial charge in [0.25, 0.3) is 0 Å². The van der Waals surface area contributed by atoms with Crippen LogP contribution in [0.15, 0.2) is 10.5 Å². The van der Waals surface area contributed by atoms with Gasteiger partial charge in [0.15, 0.2) is 5.76 Å². The summed E-state index contributed by atoms with van der Waals surface area (Å²) in [5.74, 6) is 7.80. The summed E-state index contributed by atoms with van der Waals surface area (Å²) in [5, 5.41) is 0. The Morgan fingerprint density at radius 3 is 2.90 bits per heavy atom. The van der Waals surface area contributed by atoms with Gasteiger partial charge in [0.05, 0.1) is 6.54 Å². The minimum atomic E-state index is -0.357. The second-order valence-electron chi connectivity index (χ2n) is 6.53. The van der Waals surface area contributed by atoms with Gasteiger partial charge in [-0.3, -0.25) is 15.1 Å². The Hall–Kier alpha value is -1.33. The smallest absolute Gasteiger partial charge is 0.301 e. The van der Waals surface area contributed by atoms with Gasteiger partial charge in [-0.05, 0) is 44.2 Å². The predicted octanol–water partition coefficient (Wildman–Crippen LogP) is 2.20. The molecule has 2 unspecified atom stereocenters. The number of nitrogen functional groups attached to an aromatic ring is 1. The average Bonchev–Trinajstić information content (AvgIpc) is 2.87. The van der Waals surface area contributed by atoms with E-state index in [0.29, 0.717) is 5.76 Å². The van der Waals surface area contributed by atoms with Crippen molar-refractivity contribution in [2.75, 3.05) is 13.1 Å². The minimum absolute atomic E-state index is 0.333. The third kappa shape index (κ3) is 3.14. The van der Waals surface area contributed by atoms with Crippen LogP contribution in [0.4, 0.5) is 0 Å². The second kappa shape index (κ2) is 6.20. The van der Waals surface area contributed by atoms with Crippen LogP contribution in [0.3, 0.4) is 0 Å². The Kier molecular flexibility index (Phi) is 4.31. The fourth-order valence-electron chi connectivity index (χ4n) is 3.96. The molecule has 5 nitrogen and oxygen atoms in total. The van der Waals surface area contributed by atoms with E-state index in [1.165, 1.54) is 38.6 Å². The lowest BCUT2D eigenvalue weighted by Gasteiger charge is -2.41. The summed E-state index contributed by atoms with van der Waals surface area (Å²) < 4.78 is 5.67. The monoisotopic (exact) mass is 291 g/mol. The van der Waals surface area contributed by atoms with Crippen molar-refractivity contribution in [2.45, 2.75) is 45.6 Å². The van der Waals surface area contributed by atoms with Crippen molar-refractivity contribution in [3.05, 3.63) is 23.2 Å². The number of hydrogen-bond donors (Lipinski definition) is 2. The Balaban J connectivity index is 1.63. The molecule has 1 aliphatic carbocycles. The number of carbonyl (C=O) groups excluding carboxylic acids is 1. The van der Waals surface area contributed by atoms with Crippen LogP contribution in [0, 0.1) is 18.8 Å². The first-order valence-electron chi connectivity index (χ1n) is 8.00. The number of fused-ring (bicyclic) bond motifs is 1. The summed E-state index contributed by atoms with van der Waals surface area (Å²) in [5.41, 5.74) is 2.98. The van der Waals surface area contributed by atoms with Gasteiger partial charge in [-0.1, -0.05) is 19.3 Å². The topological polar surface area (TPSA) is 71.5 Å². The van der Waals surface area contributed by atoms with E-state index in [1.54, 1.807) is 0 Å². The van der Waals surface area contributed by atoms with Gasteiger partial charge in [-0.15, -0.1) is 0 Å². The first-order chi connectivity index (χ1) is 10.2. The van der Waals surface area contributed by atoms with Crippen LogP contribution in [0.1, 0.15) is 54.0 Å². The van der Waals surface area contributed by atoms with Crippen LogP contribution < -0.4 is 11.3 Å². The van der Waals surface area contributed by atoms with Crippen LogP contribution in [0.25, 0.3) is 0 Å². The lowest BCUT2D eigenvalue weighted by atomic mass is 9.75. The number of nitrogens with one attached hydrogen (secondary N) is 1. The minimum Gasteiger partial charge on any atom is -0.454 e. The summed E-state index contributed by atoms with van der Waals surface area (Å²) >= 11 is 0. The Labute approximate surface area is 125 Å². The maximum atomic E-state index is 11.6. The molecule has 1 aliphatic heterocycles. The van der Waals surface area contributed by atoms with Gasteiger partial charge in [-0.25, -0.2) is 5.84 Å². The molecule has 3 rings (SSSR count). The van der Waals surface area contributed by atoms with Gasteiger partial charge in [0, 0.05) is 12.1 Å². The molecule has 2 fully saturated rings. The number of hydrogen-bond acceptors (Lipinski definition) is 4. The molecular formula is C16H25N3O2. The van der Waals surface area contributed by atoms with Crippen LogP contribution in [0.2, 0.25) is 0 Å². The summed E-state index contributed by atoms with van der Waals surface area (Å²) in [6, 6.07) is 1.96. The van der Waals surface area contributed by atoms with Crippen molar-refractivity contribution in [1.82, 2.24) is 10.3 Å². The average molecular weight is 291 g/mol. The first-order valence-corrected chi connectivity index (χ1v) is 8.00. The summed E-state index contributed by atoms with van der Waals surface area (Å²) in [7, 11) is 0. The molecule has 5 heteroatoms. The second-order valence-corrected chi connectivity index (χ2v) is 6.53. The van der Waals surface area contributed by atoms with Gasteiger partial charge >= 0.3 is 5.91 Å². The molecule has 1 amide bonds. The van der Waals surface area contributed by atoms with E-state index in [4.69, 9.17) is 10.3 Å². The molecule has 21 heavy (non-hydrogen) atoms. The molecule has 1 aromatic rings. The third-order valence-electron chi connectivity index (χ3n) is 5.06. The van der Waals surface area contributed by atoms with Crippen LogP contribution in [0.5, 0.6) is 0 Å². The molecule has 2 aliphatic rings.